The van der Waals surface area contributed by atoms with E-state index in [9.17, 15) is 4.79 Å². The number of nitrogens with one attached hydrogen (secondary N) is 1. The van der Waals surface area contributed by atoms with Crippen LogP contribution in [-0.4, -0.2) is 36.0 Å². The Kier molecular flexibility index (Phi) is 2.53. The van der Waals surface area contributed by atoms with E-state index < -0.39 is 0 Å². The van der Waals surface area contributed by atoms with Gasteiger partial charge in [0.05, 0.1) is 0 Å². The number of rotatable bonds is 0. The summed E-state index contributed by atoms with van der Waals surface area (Å²) in [6, 6.07) is 0.876. The summed E-state index contributed by atoms with van der Waals surface area (Å²) in [7, 11) is 0. The van der Waals surface area contributed by atoms with Gasteiger partial charge < -0.3 is 10.2 Å². The molecule has 0 radical (unpaired) electrons. The number of fused-ring (bicyclic) bond motifs is 1. The van der Waals surface area contributed by atoms with Gasteiger partial charge in [-0.2, -0.15) is 0 Å². The molecule has 3 unspecified atom stereocenters. The normalized spacial score (nSPS) is 35.7. The highest BCUT2D eigenvalue weighted by Gasteiger charge is 2.46. The van der Waals surface area contributed by atoms with E-state index in [1.807, 2.05) is 20.8 Å². The first-order valence-electron chi connectivity index (χ1n) is 5.94. The first-order chi connectivity index (χ1) is 6.91. The maximum atomic E-state index is 12.3. The Balaban J connectivity index is 2.17. The molecule has 2 heterocycles. The first kappa shape index (κ1) is 10.9. The van der Waals surface area contributed by atoms with E-state index in [-0.39, 0.29) is 5.41 Å². The van der Waals surface area contributed by atoms with E-state index in [2.05, 4.69) is 17.1 Å². The standard InChI is InChI=1S/C12H22N2O/c1-8-5-9-6-13-7-10(9)14(8)11(15)12(2,3)4/h8-10,13H,5-7H2,1-4H3. The van der Waals surface area contributed by atoms with Crippen LogP contribution in [0.2, 0.25) is 0 Å². The molecule has 3 nitrogen and oxygen atoms in total. The van der Waals surface area contributed by atoms with Gasteiger partial charge in [-0.25, -0.2) is 0 Å². The van der Waals surface area contributed by atoms with E-state index in [0.717, 1.165) is 13.1 Å². The zero-order valence-electron chi connectivity index (χ0n) is 10.2. The molecule has 0 aromatic carbocycles. The van der Waals surface area contributed by atoms with Crippen LogP contribution >= 0.6 is 0 Å². The minimum atomic E-state index is -0.244. The van der Waals surface area contributed by atoms with E-state index in [1.165, 1.54) is 6.42 Å². The van der Waals surface area contributed by atoms with Crippen molar-refractivity contribution in [3.8, 4) is 0 Å². The van der Waals surface area contributed by atoms with E-state index in [1.54, 1.807) is 0 Å². The molecule has 3 atom stereocenters. The van der Waals surface area contributed by atoms with Gasteiger partial charge in [0, 0.05) is 30.6 Å². The van der Waals surface area contributed by atoms with Crippen molar-refractivity contribution < 1.29 is 4.79 Å². The van der Waals surface area contributed by atoms with Crippen molar-refractivity contribution in [2.75, 3.05) is 13.1 Å². The van der Waals surface area contributed by atoms with E-state index >= 15 is 0 Å². The molecule has 0 aliphatic carbocycles. The van der Waals surface area contributed by atoms with Crippen molar-refractivity contribution in [1.29, 1.82) is 0 Å². The minimum Gasteiger partial charge on any atom is -0.335 e. The van der Waals surface area contributed by atoms with Crippen LogP contribution in [0.25, 0.3) is 0 Å². The van der Waals surface area contributed by atoms with Gasteiger partial charge in [0.15, 0.2) is 0 Å². The lowest BCUT2D eigenvalue weighted by Gasteiger charge is -2.33. The molecule has 1 amide bonds. The molecule has 0 bridgehead atoms. The molecule has 0 aromatic rings. The fourth-order valence-corrected chi connectivity index (χ4v) is 2.90. The number of likely N-dealkylation sites (tertiary alicyclic amines) is 1. The van der Waals surface area contributed by atoms with Crippen LogP contribution in [-0.2, 0) is 4.79 Å². The highest BCUT2D eigenvalue weighted by atomic mass is 16.2. The third-order valence-electron chi connectivity index (χ3n) is 3.66. The van der Waals surface area contributed by atoms with Crippen molar-refractivity contribution in [1.82, 2.24) is 10.2 Å². The summed E-state index contributed by atoms with van der Waals surface area (Å²) < 4.78 is 0. The van der Waals surface area contributed by atoms with Crippen molar-refractivity contribution in [3.05, 3.63) is 0 Å². The number of nitrogens with zero attached hydrogens (tertiary/aromatic N) is 1. The van der Waals surface area contributed by atoms with Crippen molar-refractivity contribution in [2.45, 2.75) is 46.2 Å². The van der Waals surface area contributed by atoms with Gasteiger partial charge in [-0.1, -0.05) is 20.8 Å². The van der Waals surface area contributed by atoms with Crippen molar-refractivity contribution in [2.24, 2.45) is 11.3 Å². The Morgan fingerprint density at radius 3 is 2.60 bits per heavy atom. The van der Waals surface area contributed by atoms with Gasteiger partial charge in [-0.3, -0.25) is 4.79 Å². The number of amides is 1. The Hall–Kier alpha value is -0.570. The summed E-state index contributed by atoms with van der Waals surface area (Å²) in [6.07, 6.45) is 1.17. The SMILES string of the molecule is CC1CC2CNCC2N1C(=O)C(C)(C)C. The summed E-state index contributed by atoms with van der Waals surface area (Å²) in [5, 5.41) is 3.39. The fraction of sp³-hybridized carbons (Fsp3) is 0.917. The highest BCUT2D eigenvalue weighted by molar-refractivity contribution is 5.82. The number of hydrogen-bond acceptors (Lipinski definition) is 2. The molecule has 2 rings (SSSR count). The summed E-state index contributed by atoms with van der Waals surface area (Å²) in [5.74, 6) is 0.998. The highest BCUT2D eigenvalue weighted by Crippen LogP contribution is 2.35. The molecule has 15 heavy (non-hydrogen) atoms. The Labute approximate surface area is 92.2 Å². The molecule has 86 valence electrons. The van der Waals surface area contributed by atoms with Gasteiger partial charge in [0.25, 0.3) is 0 Å². The topological polar surface area (TPSA) is 32.3 Å². The third-order valence-corrected chi connectivity index (χ3v) is 3.66. The Morgan fingerprint density at radius 1 is 1.33 bits per heavy atom. The molecule has 2 aliphatic heterocycles. The molecule has 0 spiro atoms. The van der Waals surface area contributed by atoms with Crippen LogP contribution in [0.15, 0.2) is 0 Å². The maximum Gasteiger partial charge on any atom is 0.228 e. The van der Waals surface area contributed by atoms with Gasteiger partial charge in [0.1, 0.15) is 0 Å². The molecule has 2 saturated heterocycles. The zero-order chi connectivity index (χ0) is 11.2. The van der Waals surface area contributed by atoms with Crippen LogP contribution in [0.3, 0.4) is 0 Å². The monoisotopic (exact) mass is 210 g/mol. The Bertz CT molecular complexity index is 269. The van der Waals surface area contributed by atoms with Crippen molar-refractivity contribution in [3.63, 3.8) is 0 Å². The van der Waals surface area contributed by atoms with Crippen LogP contribution in [0, 0.1) is 11.3 Å². The second kappa shape index (κ2) is 3.48. The quantitative estimate of drug-likeness (QED) is 0.652. The van der Waals surface area contributed by atoms with E-state index in [4.69, 9.17) is 0 Å². The molecule has 1 N–H and O–H groups in total. The van der Waals surface area contributed by atoms with Crippen LogP contribution in [0.5, 0.6) is 0 Å². The second-order valence-electron chi connectivity index (χ2n) is 6.03. The lowest BCUT2D eigenvalue weighted by molar-refractivity contribution is -0.142. The average molecular weight is 210 g/mol. The van der Waals surface area contributed by atoms with Crippen LogP contribution in [0.1, 0.15) is 34.1 Å². The maximum absolute atomic E-state index is 12.3. The first-order valence-corrected chi connectivity index (χ1v) is 5.94. The molecular formula is C12H22N2O. The lowest BCUT2D eigenvalue weighted by atomic mass is 9.94. The molecule has 3 heteroatoms. The number of carbonyl (C=O) groups is 1. The van der Waals surface area contributed by atoms with Gasteiger partial charge >= 0.3 is 0 Å². The number of carbonyl (C=O) groups excluding carboxylic acids is 1. The van der Waals surface area contributed by atoms with Gasteiger partial charge in [-0.15, -0.1) is 0 Å². The zero-order valence-corrected chi connectivity index (χ0v) is 10.2. The third kappa shape index (κ3) is 1.78. The van der Waals surface area contributed by atoms with Crippen LogP contribution in [0.4, 0.5) is 0 Å². The van der Waals surface area contributed by atoms with E-state index in [0.29, 0.717) is 23.9 Å². The lowest BCUT2D eigenvalue weighted by Crippen LogP contribution is -2.47. The smallest absolute Gasteiger partial charge is 0.228 e. The van der Waals surface area contributed by atoms with Crippen molar-refractivity contribution >= 4 is 5.91 Å². The predicted molar refractivity (Wildman–Crippen MR) is 60.5 cm³/mol. The summed E-state index contributed by atoms with van der Waals surface area (Å²) in [6.45, 7) is 10.3. The molecular weight excluding hydrogens is 188 g/mol. The molecule has 0 aromatic heterocycles. The number of hydrogen-bond donors (Lipinski definition) is 1. The fourth-order valence-electron chi connectivity index (χ4n) is 2.90. The van der Waals surface area contributed by atoms with Gasteiger partial charge in [-0.05, 0) is 19.3 Å². The predicted octanol–water partition coefficient (Wildman–Crippen LogP) is 1.24. The largest absolute Gasteiger partial charge is 0.335 e. The summed E-state index contributed by atoms with van der Waals surface area (Å²) in [4.78, 5) is 14.4. The summed E-state index contributed by atoms with van der Waals surface area (Å²) in [5.41, 5.74) is -0.244. The second-order valence-corrected chi connectivity index (χ2v) is 6.03. The Morgan fingerprint density at radius 2 is 2.00 bits per heavy atom. The molecule has 0 saturated carbocycles. The van der Waals surface area contributed by atoms with Gasteiger partial charge in [0.2, 0.25) is 5.91 Å². The average Bonchev–Trinajstić information content (AvgIpc) is 2.60. The minimum absolute atomic E-state index is 0.244. The molecule has 2 fully saturated rings. The molecule has 2 aliphatic rings. The summed E-state index contributed by atoms with van der Waals surface area (Å²) >= 11 is 0. The van der Waals surface area contributed by atoms with Crippen LogP contribution < -0.4 is 5.32 Å².